The van der Waals surface area contributed by atoms with Gasteiger partial charge >= 0.3 is 45.4 Å². The first-order valence-electron chi connectivity index (χ1n) is 20.6. The van der Waals surface area contributed by atoms with Gasteiger partial charge in [0.15, 0.2) is 0 Å². The molecule has 6 aromatic rings. The Bertz CT molecular complexity index is 2040. The van der Waals surface area contributed by atoms with Crippen LogP contribution in [0.3, 0.4) is 0 Å². The van der Waals surface area contributed by atoms with Gasteiger partial charge < -0.3 is 10.5 Å². The number of rotatable bonds is 10. The summed E-state index contributed by atoms with van der Waals surface area (Å²) in [4.78, 5) is 21.2. The molecule has 0 spiro atoms. The Balaban J connectivity index is 0.000000237. The maximum absolute atomic E-state index is 10.6. The van der Waals surface area contributed by atoms with E-state index in [1.54, 1.807) is 13.8 Å². The van der Waals surface area contributed by atoms with E-state index in [9.17, 15) is 9.59 Å². The van der Waals surface area contributed by atoms with Crippen molar-refractivity contribution in [3.05, 3.63) is 131 Å². The van der Waals surface area contributed by atoms with Gasteiger partial charge in [0, 0.05) is 12.8 Å². The molecular weight excluding hydrogens is 834 g/mol. The summed E-state index contributed by atoms with van der Waals surface area (Å²) in [6, 6.07) is 40.5. The van der Waals surface area contributed by atoms with Crippen LogP contribution in [0, 0.1) is 0 Å². The minimum absolute atomic E-state index is 0.110. The molecule has 0 saturated carbocycles. The molecule has 0 aliphatic heterocycles. The van der Waals surface area contributed by atoms with Crippen molar-refractivity contribution in [3.8, 4) is 22.3 Å². The molecule has 1 radical (unpaired) electrons. The van der Waals surface area contributed by atoms with Crippen LogP contribution in [0.2, 0.25) is 0 Å². The molecule has 0 aliphatic rings. The number of benzene rings is 4. The van der Waals surface area contributed by atoms with Crippen molar-refractivity contribution < 1.29 is 30.4 Å². The van der Waals surface area contributed by atoms with Crippen molar-refractivity contribution in [2.24, 2.45) is 0 Å². The second-order valence-electron chi connectivity index (χ2n) is 16.5. The van der Waals surface area contributed by atoms with E-state index in [1.807, 2.05) is 0 Å². The van der Waals surface area contributed by atoms with Gasteiger partial charge in [-0.25, -0.2) is 0 Å². The van der Waals surface area contributed by atoms with Gasteiger partial charge in [-0.2, -0.15) is 12.1 Å². The average molecular weight is 896 g/mol. The molecule has 0 saturated heterocycles. The normalized spacial score (nSPS) is 10.9. The summed E-state index contributed by atoms with van der Waals surface area (Å²) in [6.07, 6.45) is 5.55. The van der Waals surface area contributed by atoms with E-state index in [0.717, 1.165) is 12.8 Å². The second-order valence-corrected chi connectivity index (χ2v) is 20.2. The summed E-state index contributed by atoms with van der Waals surface area (Å²) in [6.45, 7) is 21.7. The average Bonchev–Trinajstić information content (AvgIpc) is 3.82. The number of aryl methyl sites for hydroxylation is 2. The number of hydrogen-bond donors (Lipinski definition) is 2. The molecular formula is C50H62BCl2N2O2Zr. The molecule has 0 aliphatic carbocycles. The molecule has 8 heteroatoms. The molecule has 4 nitrogen and oxygen atoms in total. The molecule has 0 heterocycles. The van der Waals surface area contributed by atoms with E-state index < -0.39 is 20.8 Å². The molecule has 0 aromatic heterocycles. The van der Waals surface area contributed by atoms with Gasteiger partial charge in [0.2, 0.25) is 11.8 Å². The molecule has 0 unspecified atom stereocenters. The van der Waals surface area contributed by atoms with E-state index in [1.165, 1.54) is 86.4 Å². The summed E-state index contributed by atoms with van der Waals surface area (Å²) in [5, 5.41) is 10.3. The van der Waals surface area contributed by atoms with Gasteiger partial charge in [-0.3, -0.25) is 9.59 Å². The number of carbonyl (C=O) groups excluding carboxylic acids is 2. The molecule has 2 amide bonds. The summed E-state index contributed by atoms with van der Waals surface area (Å²) in [5.74, 6) is -0.220. The Morgan fingerprint density at radius 2 is 0.914 bits per heavy atom. The molecule has 0 atom stereocenters. The molecule has 6 rings (SSSR count). The van der Waals surface area contributed by atoms with E-state index in [4.69, 9.17) is 17.0 Å². The first-order valence-corrected chi connectivity index (χ1v) is 26.9. The second kappa shape index (κ2) is 24.0. The van der Waals surface area contributed by atoms with Crippen LogP contribution in [0.5, 0.6) is 0 Å². The molecule has 58 heavy (non-hydrogen) atoms. The predicted molar refractivity (Wildman–Crippen MR) is 250 cm³/mol. The topological polar surface area (TPSA) is 58.2 Å². The standard InChI is InChI=1S/2C22H25.C6H12BN2O2.2ClH.Zr/c2*1-5-9-16-14-17-10-8-12-18(20(17)15-16)19-11-6-7-13-21(19)22(2,3)4;1-3-5(10)8-7-9-6(11)4-2;;;/h2*6-8,10-15H,5,9H2,1-4H3;3-4H2,1-2H3,(H,8,10)(H,9,11);2*1H;/q2*-1;;;;+4/p-2. The first kappa shape index (κ1) is 48.9. The van der Waals surface area contributed by atoms with Gasteiger partial charge in [0.25, 0.3) is 0 Å². The van der Waals surface area contributed by atoms with Crippen molar-refractivity contribution in [2.45, 2.75) is 119 Å². The van der Waals surface area contributed by atoms with Crippen LogP contribution in [-0.2, 0) is 54.1 Å². The SMILES string of the molecule is CCC(=O)N[B]NC(=O)CC.CCCc1cc2c(-c3ccccc3C(C)(C)C)cccc2[cH-]1.CCCc1cc2c(-c3ccccc3C(C)(C)C)cccc2[cH-]1.[Cl][Zr+2][Cl]. The fourth-order valence-corrected chi connectivity index (χ4v) is 7.07. The number of fused-ring (bicyclic) bond motifs is 2. The third-order valence-corrected chi connectivity index (χ3v) is 9.86. The van der Waals surface area contributed by atoms with Gasteiger partial charge in [0.05, 0.1) is 0 Å². The summed E-state index contributed by atoms with van der Waals surface area (Å²) in [7, 11) is 11.1. The summed E-state index contributed by atoms with van der Waals surface area (Å²) < 4.78 is 0. The Morgan fingerprint density at radius 3 is 1.24 bits per heavy atom. The third kappa shape index (κ3) is 14.4. The molecule has 0 bridgehead atoms. The summed E-state index contributed by atoms with van der Waals surface area (Å²) in [5.41, 5.74) is 11.5. The number of amides is 2. The van der Waals surface area contributed by atoms with Crippen LogP contribution in [-0.4, -0.2) is 19.4 Å². The van der Waals surface area contributed by atoms with Crippen LogP contribution >= 0.6 is 17.0 Å². The van der Waals surface area contributed by atoms with E-state index in [-0.39, 0.29) is 22.6 Å². The van der Waals surface area contributed by atoms with Crippen LogP contribution in [0.25, 0.3) is 43.8 Å². The van der Waals surface area contributed by atoms with Crippen molar-refractivity contribution in [3.63, 3.8) is 0 Å². The van der Waals surface area contributed by atoms with Gasteiger partial charge in [-0.15, -0.1) is 69.1 Å². The Labute approximate surface area is 368 Å². The predicted octanol–water partition coefficient (Wildman–Crippen LogP) is 13.9. The first-order chi connectivity index (χ1) is 27.6. The molecule has 305 valence electrons. The van der Waals surface area contributed by atoms with Gasteiger partial charge in [0.1, 0.15) is 0 Å². The monoisotopic (exact) mass is 893 g/mol. The maximum atomic E-state index is 10.6. The van der Waals surface area contributed by atoms with Gasteiger partial charge in [-0.1, -0.05) is 154 Å². The minimum atomic E-state index is -0.826. The fraction of sp³-hybridized carbons (Fsp3) is 0.360. The zero-order valence-electron chi connectivity index (χ0n) is 36.3. The zero-order chi connectivity index (χ0) is 42.9. The number of halogens is 2. The van der Waals surface area contributed by atoms with Crippen LogP contribution < -0.4 is 10.5 Å². The van der Waals surface area contributed by atoms with Gasteiger partial charge in [-0.05, 0) is 45.9 Å². The van der Waals surface area contributed by atoms with Crippen LogP contribution in [0.15, 0.2) is 109 Å². The van der Waals surface area contributed by atoms with Crippen molar-refractivity contribution in [1.82, 2.24) is 10.5 Å². The summed E-state index contributed by atoms with van der Waals surface area (Å²) >= 11 is -0.826. The Morgan fingerprint density at radius 1 is 0.569 bits per heavy atom. The number of hydrogen-bond acceptors (Lipinski definition) is 2. The van der Waals surface area contributed by atoms with Crippen molar-refractivity contribution in [2.75, 3.05) is 0 Å². The van der Waals surface area contributed by atoms with Crippen molar-refractivity contribution in [1.29, 1.82) is 0 Å². The zero-order valence-corrected chi connectivity index (χ0v) is 40.3. The van der Waals surface area contributed by atoms with Crippen LogP contribution in [0.1, 0.15) is 117 Å². The van der Waals surface area contributed by atoms with E-state index in [0.29, 0.717) is 12.8 Å². The Hall–Kier alpha value is -3.43. The fourth-order valence-electron chi connectivity index (χ4n) is 7.07. The number of nitrogens with one attached hydrogen (secondary N) is 2. The third-order valence-electron chi connectivity index (χ3n) is 9.86. The Kier molecular flexibility index (Phi) is 20.2. The number of carbonyl (C=O) groups is 2. The van der Waals surface area contributed by atoms with E-state index >= 15 is 0 Å². The quantitative estimate of drug-likeness (QED) is 0.106. The van der Waals surface area contributed by atoms with Crippen molar-refractivity contribution >= 4 is 57.9 Å². The molecule has 6 aromatic carbocycles. The van der Waals surface area contributed by atoms with E-state index in [2.05, 4.69) is 175 Å². The van der Waals surface area contributed by atoms with Crippen LogP contribution in [0.4, 0.5) is 0 Å². The molecule has 2 N–H and O–H groups in total. The molecule has 0 fully saturated rings.